The van der Waals surface area contributed by atoms with Crippen molar-refractivity contribution in [2.75, 3.05) is 13.2 Å². The fourth-order valence-electron chi connectivity index (χ4n) is 2.96. The fourth-order valence-corrected chi connectivity index (χ4v) is 2.96. The summed E-state index contributed by atoms with van der Waals surface area (Å²) >= 11 is 0. The summed E-state index contributed by atoms with van der Waals surface area (Å²) in [6.45, 7) is 1.91. The highest BCUT2D eigenvalue weighted by molar-refractivity contribution is 5.69. The molecular formula is C22H19F3O6. The minimum Gasteiger partial charge on any atom is -0.490 e. The molecule has 164 valence electrons. The lowest BCUT2D eigenvalue weighted by Crippen LogP contribution is -2.34. The van der Waals surface area contributed by atoms with Crippen LogP contribution in [0.15, 0.2) is 42.5 Å². The zero-order chi connectivity index (χ0) is 22.4. The summed E-state index contributed by atoms with van der Waals surface area (Å²) in [6.07, 6.45) is -5.45. The SMILES string of the molecule is CC#C[C@@H](CC(=O)O)c1ccc(OC[C@H]2COc3ccc(OC(F)(F)F)cc3O2)cc1. The average Bonchev–Trinajstić information content (AvgIpc) is 2.70. The van der Waals surface area contributed by atoms with E-state index in [0.717, 1.165) is 17.7 Å². The highest BCUT2D eigenvalue weighted by atomic mass is 19.4. The summed E-state index contributed by atoms with van der Waals surface area (Å²) in [5.41, 5.74) is 0.757. The predicted molar refractivity (Wildman–Crippen MR) is 103 cm³/mol. The van der Waals surface area contributed by atoms with Gasteiger partial charge in [-0.2, -0.15) is 0 Å². The van der Waals surface area contributed by atoms with Gasteiger partial charge in [0.15, 0.2) is 17.6 Å². The molecule has 3 rings (SSSR count). The minimum absolute atomic E-state index is 0.0937. The monoisotopic (exact) mass is 436 g/mol. The molecule has 0 radical (unpaired) electrons. The molecule has 9 heteroatoms. The van der Waals surface area contributed by atoms with Crippen LogP contribution in [0, 0.1) is 11.8 Å². The standard InChI is InChI=1S/C22H19F3O6/c1-2-3-15(10-21(26)27)14-4-6-16(7-5-14)28-12-18-13-29-19-9-8-17(11-20(19)30-18)31-22(23,24)25/h4-9,11,15,18H,10,12-13H2,1H3,(H,26,27)/t15-,18-/m0/s1. The topological polar surface area (TPSA) is 74.2 Å². The van der Waals surface area contributed by atoms with Crippen molar-refractivity contribution in [3.8, 4) is 34.8 Å². The van der Waals surface area contributed by atoms with Gasteiger partial charge in [-0.15, -0.1) is 19.1 Å². The van der Waals surface area contributed by atoms with E-state index in [-0.39, 0.29) is 25.4 Å². The lowest BCUT2D eigenvalue weighted by Gasteiger charge is -2.27. The molecule has 0 spiro atoms. The molecule has 0 amide bonds. The Labute approximate surface area is 176 Å². The molecule has 6 nitrogen and oxygen atoms in total. The number of hydrogen-bond acceptors (Lipinski definition) is 5. The Balaban J connectivity index is 1.59. The van der Waals surface area contributed by atoms with Gasteiger partial charge in [-0.25, -0.2) is 0 Å². The molecule has 2 atom stereocenters. The van der Waals surface area contributed by atoms with Crippen LogP contribution in [0.1, 0.15) is 24.8 Å². The van der Waals surface area contributed by atoms with Crippen LogP contribution >= 0.6 is 0 Å². The van der Waals surface area contributed by atoms with Crippen molar-refractivity contribution in [3.05, 3.63) is 48.0 Å². The Morgan fingerprint density at radius 2 is 1.90 bits per heavy atom. The first-order valence-electron chi connectivity index (χ1n) is 9.29. The number of aliphatic carboxylic acids is 1. The molecule has 0 fully saturated rings. The number of ether oxygens (including phenoxy) is 4. The maximum absolute atomic E-state index is 12.4. The Kier molecular flexibility index (Phi) is 6.80. The van der Waals surface area contributed by atoms with Crippen molar-refractivity contribution in [3.63, 3.8) is 0 Å². The Morgan fingerprint density at radius 1 is 1.19 bits per heavy atom. The van der Waals surface area contributed by atoms with Crippen LogP contribution in [0.4, 0.5) is 13.2 Å². The van der Waals surface area contributed by atoms with Crippen molar-refractivity contribution in [2.24, 2.45) is 0 Å². The lowest BCUT2D eigenvalue weighted by atomic mass is 9.96. The summed E-state index contributed by atoms with van der Waals surface area (Å²) in [5, 5.41) is 9.02. The van der Waals surface area contributed by atoms with Gasteiger partial charge in [-0.05, 0) is 36.8 Å². The van der Waals surface area contributed by atoms with Gasteiger partial charge in [-0.3, -0.25) is 4.79 Å². The molecule has 0 saturated heterocycles. The first-order chi connectivity index (χ1) is 14.7. The van der Waals surface area contributed by atoms with Crippen molar-refractivity contribution < 1.29 is 42.0 Å². The predicted octanol–water partition coefficient (Wildman–Crippen LogP) is 4.39. The number of benzene rings is 2. The molecule has 2 aromatic carbocycles. The van der Waals surface area contributed by atoms with Gasteiger partial charge in [0.25, 0.3) is 0 Å². The number of fused-ring (bicyclic) bond motifs is 1. The number of alkyl halides is 3. The second-order valence-corrected chi connectivity index (χ2v) is 6.63. The molecule has 1 aliphatic heterocycles. The molecule has 31 heavy (non-hydrogen) atoms. The first kappa shape index (κ1) is 22.2. The van der Waals surface area contributed by atoms with E-state index in [1.54, 1.807) is 31.2 Å². The third-order valence-corrected chi connectivity index (χ3v) is 4.28. The summed E-state index contributed by atoms with van der Waals surface area (Å²) in [7, 11) is 0. The molecule has 0 bridgehead atoms. The Hall–Kier alpha value is -3.54. The molecule has 0 unspecified atom stereocenters. The second-order valence-electron chi connectivity index (χ2n) is 6.63. The Morgan fingerprint density at radius 3 is 2.55 bits per heavy atom. The number of carboxylic acids is 1. The summed E-state index contributed by atoms with van der Waals surface area (Å²) in [5.74, 6) is 4.81. The summed E-state index contributed by atoms with van der Waals surface area (Å²) in [6, 6.07) is 10.5. The van der Waals surface area contributed by atoms with Crippen LogP contribution in [-0.2, 0) is 4.79 Å². The van der Waals surface area contributed by atoms with E-state index in [2.05, 4.69) is 16.6 Å². The maximum atomic E-state index is 12.4. The van der Waals surface area contributed by atoms with Crippen LogP contribution in [-0.4, -0.2) is 36.8 Å². The van der Waals surface area contributed by atoms with Gasteiger partial charge >= 0.3 is 12.3 Å². The highest BCUT2D eigenvalue weighted by Crippen LogP contribution is 2.36. The normalized spacial score (nSPS) is 15.9. The van der Waals surface area contributed by atoms with Crippen molar-refractivity contribution >= 4 is 5.97 Å². The molecule has 0 aromatic heterocycles. The van der Waals surface area contributed by atoms with Gasteiger partial charge < -0.3 is 24.1 Å². The number of hydrogen-bond donors (Lipinski definition) is 1. The largest absolute Gasteiger partial charge is 0.573 e. The molecule has 1 aliphatic rings. The van der Waals surface area contributed by atoms with E-state index in [1.165, 1.54) is 6.07 Å². The van der Waals surface area contributed by atoms with Crippen LogP contribution in [0.3, 0.4) is 0 Å². The first-order valence-corrected chi connectivity index (χ1v) is 9.29. The molecule has 1 heterocycles. The van der Waals surface area contributed by atoms with Crippen molar-refractivity contribution in [1.29, 1.82) is 0 Å². The van der Waals surface area contributed by atoms with Gasteiger partial charge in [-0.1, -0.05) is 18.1 Å². The average molecular weight is 436 g/mol. The summed E-state index contributed by atoms with van der Waals surface area (Å²) < 4.78 is 57.9. The number of carboxylic acid groups (broad SMARTS) is 1. The van der Waals surface area contributed by atoms with Gasteiger partial charge in [0.1, 0.15) is 24.7 Å². The minimum atomic E-state index is -4.80. The lowest BCUT2D eigenvalue weighted by molar-refractivity contribution is -0.274. The van der Waals surface area contributed by atoms with Crippen LogP contribution < -0.4 is 18.9 Å². The third kappa shape index (κ3) is 6.47. The molecule has 1 N–H and O–H groups in total. The van der Waals surface area contributed by atoms with Crippen LogP contribution in [0.2, 0.25) is 0 Å². The van der Waals surface area contributed by atoms with Gasteiger partial charge in [0.2, 0.25) is 0 Å². The highest BCUT2D eigenvalue weighted by Gasteiger charge is 2.32. The van der Waals surface area contributed by atoms with Crippen molar-refractivity contribution in [1.82, 2.24) is 0 Å². The van der Waals surface area contributed by atoms with Gasteiger partial charge in [0.05, 0.1) is 12.3 Å². The van der Waals surface area contributed by atoms with E-state index >= 15 is 0 Å². The number of halogens is 3. The van der Waals surface area contributed by atoms with E-state index in [1.807, 2.05) is 0 Å². The number of carbonyl (C=O) groups is 1. The third-order valence-electron chi connectivity index (χ3n) is 4.28. The smallest absolute Gasteiger partial charge is 0.490 e. The molecule has 0 saturated carbocycles. The second kappa shape index (κ2) is 9.51. The van der Waals surface area contributed by atoms with Crippen LogP contribution in [0.25, 0.3) is 0 Å². The van der Waals surface area contributed by atoms with Crippen molar-refractivity contribution in [2.45, 2.75) is 31.7 Å². The molecule has 0 aliphatic carbocycles. The fraction of sp³-hybridized carbons (Fsp3) is 0.318. The summed E-state index contributed by atoms with van der Waals surface area (Å²) in [4.78, 5) is 11.0. The van der Waals surface area contributed by atoms with Gasteiger partial charge in [0, 0.05) is 6.07 Å². The van der Waals surface area contributed by atoms with E-state index in [0.29, 0.717) is 11.5 Å². The van der Waals surface area contributed by atoms with E-state index < -0.39 is 30.1 Å². The van der Waals surface area contributed by atoms with E-state index in [9.17, 15) is 18.0 Å². The molecular weight excluding hydrogens is 417 g/mol. The quantitative estimate of drug-likeness (QED) is 0.650. The Bertz CT molecular complexity index is 975. The van der Waals surface area contributed by atoms with Crippen LogP contribution in [0.5, 0.6) is 23.0 Å². The van der Waals surface area contributed by atoms with E-state index in [4.69, 9.17) is 19.3 Å². The number of rotatable bonds is 7. The zero-order valence-electron chi connectivity index (χ0n) is 16.4. The zero-order valence-corrected chi connectivity index (χ0v) is 16.4. The maximum Gasteiger partial charge on any atom is 0.573 e. The molecule has 2 aromatic rings.